The molecule has 1 aliphatic carbocycles. The van der Waals surface area contributed by atoms with Gasteiger partial charge in [0.1, 0.15) is 11.9 Å². The van der Waals surface area contributed by atoms with Crippen molar-refractivity contribution in [2.45, 2.75) is 44.2 Å². The molecule has 0 bridgehead atoms. The topological polar surface area (TPSA) is 36.9 Å². The second-order valence-electron chi connectivity index (χ2n) is 5.94. The van der Waals surface area contributed by atoms with E-state index in [1.54, 1.807) is 0 Å². The minimum absolute atomic E-state index is 0.324. The molecule has 2 fully saturated rings. The monoisotopic (exact) mass is 287 g/mol. The van der Waals surface area contributed by atoms with Gasteiger partial charge in [-0.2, -0.15) is 0 Å². The van der Waals surface area contributed by atoms with Crippen molar-refractivity contribution < 1.29 is 4.74 Å². The SMILES string of the molecule is CN=C(NC1CCC1)N1CCC(Oc2ccccc2)CC1. The fourth-order valence-electron chi connectivity index (χ4n) is 2.91. The van der Waals surface area contributed by atoms with Gasteiger partial charge in [-0.3, -0.25) is 4.99 Å². The maximum Gasteiger partial charge on any atom is 0.193 e. The number of para-hydroxylation sites is 1. The van der Waals surface area contributed by atoms with Crippen LogP contribution in [0.1, 0.15) is 32.1 Å². The first-order valence-electron chi connectivity index (χ1n) is 8.05. The van der Waals surface area contributed by atoms with Crippen molar-refractivity contribution in [3.63, 3.8) is 0 Å². The number of aliphatic imine (C=N–C) groups is 1. The molecule has 21 heavy (non-hydrogen) atoms. The summed E-state index contributed by atoms with van der Waals surface area (Å²) in [7, 11) is 1.88. The normalized spacial score (nSPS) is 21.0. The number of nitrogens with one attached hydrogen (secondary N) is 1. The molecule has 4 heteroatoms. The Bertz CT molecular complexity index is 462. The Hall–Kier alpha value is -1.71. The van der Waals surface area contributed by atoms with Crippen LogP contribution in [0.2, 0.25) is 0 Å². The summed E-state index contributed by atoms with van der Waals surface area (Å²) >= 11 is 0. The molecule has 0 amide bonds. The molecule has 1 saturated carbocycles. The Balaban J connectivity index is 1.47. The summed E-state index contributed by atoms with van der Waals surface area (Å²) in [4.78, 5) is 6.80. The van der Waals surface area contributed by atoms with Crippen LogP contribution in [0.25, 0.3) is 0 Å². The smallest absolute Gasteiger partial charge is 0.193 e. The van der Waals surface area contributed by atoms with E-state index in [1.807, 2.05) is 37.4 Å². The fraction of sp³-hybridized carbons (Fsp3) is 0.588. The Morgan fingerprint density at radius 1 is 1.14 bits per heavy atom. The zero-order valence-electron chi connectivity index (χ0n) is 12.8. The first-order chi connectivity index (χ1) is 10.3. The van der Waals surface area contributed by atoms with E-state index in [0.29, 0.717) is 12.1 Å². The molecule has 1 N–H and O–H groups in total. The summed E-state index contributed by atoms with van der Waals surface area (Å²) in [6, 6.07) is 10.8. The average Bonchev–Trinajstić information content (AvgIpc) is 2.49. The number of likely N-dealkylation sites (tertiary alicyclic amines) is 1. The maximum atomic E-state index is 6.04. The standard InChI is InChI=1S/C17H25N3O/c1-18-17(19-14-6-5-7-14)20-12-10-16(11-13-20)21-15-8-3-2-4-9-15/h2-4,8-9,14,16H,5-7,10-13H2,1H3,(H,18,19). The number of hydrogen-bond donors (Lipinski definition) is 1. The number of piperidine rings is 1. The number of nitrogens with zero attached hydrogens (tertiary/aromatic N) is 2. The molecule has 0 atom stereocenters. The summed E-state index contributed by atoms with van der Waals surface area (Å²) in [5, 5.41) is 3.57. The molecule has 1 aliphatic heterocycles. The third-order valence-corrected chi connectivity index (χ3v) is 4.44. The molecule has 3 rings (SSSR count). The van der Waals surface area contributed by atoms with Gasteiger partial charge in [0.2, 0.25) is 0 Å². The van der Waals surface area contributed by atoms with E-state index < -0.39 is 0 Å². The van der Waals surface area contributed by atoms with Crippen molar-refractivity contribution in [3.8, 4) is 5.75 Å². The largest absolute Gasteiger partial charge is 0.490 e. The van der Waals surface area contributed by atoms with Crippen LogP contribution in [-0.2, 0) is 0 Å². The van der Waals surface area contributed by atoms with Crippen LogP contribution in [0.3, 0.4) is 0 Å². The van der Waals surface area contributed by atoms with E-state index in [0.717, 1.165) is 37.6 Å². The number of hydrogen-bond acceptors (Lipinski definition) is 2. The lowest BCUT2D eigenvalue weighted by Crippen LogP contribution is -2.51. The lowest BCUT2D eigenvalue weighted by atomic mass is 9.93. The van der Waals surface area contributed by atoms with Crippen LogP contribution in [0.5, 0.6) is 5.75 Å². The van der Waals surface area contributed by atoms with Crippen molar-refractivity contribution in [3.05, 3.63) is 30.3 Å². The third kappa shape index (κ3) is 3.69. The molecule has 4 nitrogen and oxygen atoms in total. The van der Waals surface area contributed by atoms with Gasteiger partial charge in [-0.15, -0.1) is 0 Å². The van der Waals surface area contributed by atoms with Crippen LogP contribution in [0.15, 0.2) is 35.3 Å². The highest BCUT2D eigenvalue weighted by molar-refractivity contribution is 5.80. The molecule has 0 unspecified atom stereocenters. The average molecular weight is 287 g/mol. The van der Waals surface area contributed by atoms with Crippen molar-refractivity contribution in [1.29, 1.82) is 0 Å². The maximum absolute atomic E-state index is 6.04. The molecule has 0 aromatic heterocycles. The summed E-state index contributed by atoms with van der Waals surface area (Å²) in [6.45, 7) is 2.04. The van der Waals surface area contributed by atoms with Crippen LogP contribution in [-0.4, -0.2) is 43.1 Å². The molecule has 1 saturated heterocycles. The summed E-state index contributed by atoms with van der Waals surface area (Å²) in [5.74, 6) is 2.05. The minimum Gasteiger partial charge on any atom is -0.490 e. The van der Waals surface area contributed by atoms with Gasteiger partial charge in [0.05, 0.1) is 0 Å². The second-order valence-corrected chi connectivity index (χ2v) is 5.94. The minimum atomic E-state index is 0.324. The molecular weight excluding hydrogens is 262 g/mol. The summed E-state index contributed by atoms with van der Waals surface area (Å²) < 4.78 is 6.04. The molecule has 1 aromatic rings. The molecule has 0 radical (unpaired) electrons. The molecule has 114 valence electrons. The second kappa shape index (κ2) is 6.83. The number of benzene rings is 1. The van der Waals surface area contributed by atoms with Crippen LogP contribution in [0.4, 0.5) is 0 Å². The quantitative estimate of drug-likeness (QED) is 0.686. The Morgan fingerprint density at radius 2 is 1.86 bits per heavy atom. The van der Waals surface area contributed by atoms with Gasteiger partial charge < -0.3 is 15.0 Å². The number of ether oxygens (including phenoxy) is 1. The highest BCUT2D eigenvalue weighted by atomic mass is 16.5. The van der Waals surface area contributed by atoms with Gasteiger partial charge in [0.15, 0.2) is 5.96 Å². The highest BCUT2D eigenvalue weighted by Gasteiger charge is 2.25. The first-order valence-corrected chi connectivity index (χ1v) is 8.05. The van der Waals surface area contributed by atoms with Gasteiger partial charge in [-0.25, -0.2) is 0 Å². The van der Waals surface area contributed by atoms with Crippen molar-refractivity contribution in [2.24, 2.45) is 4.99 Å². The number of rotatable bonds is 3. The molecular formula is C17H25N3O. The van der Waals surface area contributed by atoms with Crippen LogP contribution >= 0.6 is 0 Å². The van der Waals surface area contributed by atoms with Crippen molar-refractivity contribution >= 4 is 5.96 Å². The van der Waals surface area contributed by atoms with E-state index in [1.165, 1.54) is 19.3 Å². The molecule has 2 aliphatic rings. The van der Waals surface area contributed by atoms with Gasteiger partial charge in [0, 0.05) is 39.0 Å². The van der Waals surface area contributed by atoms with Crippen LogP contribution in [0, 0.1) is 0 Å². The van der Waals surface area contributed by atoms with Crippen molar-refractivity contribution in [2.75, 3.05) is 20.1 Å². The number of guanidine groups is 1. The predicted octanol–water partition coefficient (Wildman–Crippen LogP) is 2.66. The third-order valence-electron chi connectivity index (χ3n) is 4.44. The molecule has 1 heterocycles. The lowest BCUT2D eigenvalue weighted by molar-refractivity contribution is 0.128. The van der Waals surface area contributed by atoms with E-state index in [9.17, 15) is 0 Å². The van der Waals surface area contributed by atoms with E-state index >= 15 is 0 Å². The fourth-order valence-corrected chi connectivity index (χ4v) is 2.91. The Morgan fingerprint density at radius 3 is 2.43 bits per heavy atom. The first kappa shape index (κ1) is 14.2. The predicted molar refractivity (Wildman–Crippen MR) is 85.8 cm³/mol. The highest BCUT2D eigenvalue weighted by Crippen LogP contribution is 2.21. The molecule has 1 aromatic carbocycles. The molecule has 0 spiro atoms. The van der Waals surface area contributed by atoms with Crippen LogP contribution < -0.4 is 10.1 Å². The Kier molecular flexibility index (Phi) is 4.63. The van der Waals surface area contributed by atoms with Gasteiger partial charge in [-0.1, -0.05) is 18.2 Å². The summed E-state index contributed by atoms with van der Waals surface area (Å²) in [5.41, 5.74) is 0. The lowest BCUT2D eigenvalue weighted by Gasteiger charge is -2.37. The van der Waals surface area contributed by atoms with E-state index in [4.69, 9.17) is 4.74 Å². The zero-order valence-corrected chi connectivity index (χ0v) is 12.8. The Labute approximate surface area is 127 Å². The van der Waals surface area contributed by atoms with E-state index in [-0.39, 0.29) is 0 Å². The van der Waals surface area contributed by atoms with E-state index in [2.05, 4.69) is 15.2 Å². The van der Waals surface area contributed by atoms with Crippen molar-refractivity contribution in [1.82, 2.24) is 10.2 Å². The van der Waals surface area contributed by atoms with Gasteiger partial charge >= 0.3 is 0 Å². The summed E-state index contributed by atoms with van der Waals surface area (Å²) in [6.07, 6.45) is 6.35. The van der Waals surface area contributed by atoms with Gasteiger partial charge in [-0.05, 0) is 31.4 Å². The van der Waals surface area contributed by atoms with Gasteiger partial charge in [0.25, 0.3) is 0 Å². The zero-order chi connectivity index (χ0) is 14.5.